The average molecular weight is 129 g/mol. The van der Waals surface area contributed by atoms with Crippen LogP contribution in [0.5, 0.6) is 0 Å². The van der Waals surface area contributed by atoms with Gasteiger partial charge in [-0.05, 0) is 19.3 Å². The summed E-state index contributed by atoms with van der Waals surface area (Å²) in [5.74, 6) is 0. The second kappa shape index (κ2) is 3.85. The molecular weight excluding hydrogens is 116 g/mol. The smallest absolute Gasteiger partial charge is 0.0930 e. The van der Waals surface area contributed by atoms with Gasteiger partial charge in [-0.2, -0.15) is 0 Å². The highest BCUT2D eigenvalue weighted by molar-refractivity contribution is 4.59. The van der Waals surface area contributed by atoms with Gasteiger partial charge < -0.3 is 0 Å². The summed E-state index contributed by atoms with van der Waals surface area (Å²) >= 11 is 0. The zero-order valence-electron chi connectivity index (χ0n) is 5.64. The monoisotopic (exact) mass is 129 g/mol. The summed E-state index contributed by atoms with van der Waals surface area (Å²) in [6.45, 7) is 4.50. The molecule has 1 aliphatic rings. The van der Waals surface area contributed by atoms with Crippen molar-refractivity contribution in [2.75, 3.05) is 6.61 Å². The van der Waals surface area contributed by atoms with Crippen LogP contribution in [0.15, 0.2) is 0 Å². The standard InChI is InChI=1S/C7H13O2/c1-2-4-7-5-3-6-8-9-7/h7H,1-6H2. The Kier molecular flexibility index (Phi) is 3.01. The molecule has 0 bridgehead atoms. The van der Waals surface area contributed by atoms with Crippen LogP contribution in [0.3, 0.4) is 0 Å². The topological polar surface area (TPSA) is 18.5 Å². The van der Waals surface area contributed by atoms with E-state index in [0.717, 1.165) is 32.3 Å². The van der Waals surface area contributed by atoms with E-state index < -0.39 is 0 Å². The molecule has 1 atom stereocenters. The van der Waals surface area contributed by atoms with Gasteiger partial charge in [0.05, 0.1) is 12.7 Å². The van der Waals surface area contributed by atoms with E-state index >= 15 is 0 Å². The van der Waals surface area contributed by atoms with Gasteiger partial charge >= 0.3 is 0 Å². The van der Waals surface area contributed by atoms with Crippen LogP contribution in [-0.4, -0.2) is 12.7 Å². The van der Waals surface area contributed by atoms with Gasteiger partial charge in [-0.3, -0.25) is 0 Å². The Morgan fingerprint density at radius 3 is 3.00 bits per heavy atom. The van der Waals surface area contributed by atoms with Crippen LogP contribution < -0.4 is 0 Å². The predicted molar refractivity (Wildman–Crippen MR) is 34.6 cm³/mol. The van der Waals surface area contributed by atoms with E-state index in [1.165, 1.54) is 0 Å². The highest BCUT2D eigenvalue weighted by atomic mass is 17.2. The van der Waals surface area contributed by atoms with Crippen LogP contribution in [0.1, 0.15) is 25.7 Å². The zero-order valence-corrected chi connectivity index (χ0v) is 5.64. The molecule has 0 aromatic carbocycles. The molecule has 1 saturated heterocycles. The van der Waals surface area contributed by atoms with Crippen molar-refractivity contribution in [2.45, 2.75) is 31.8 Å². The summed E-state index contributed by atoms with van der Waals surface area (Å²) in [6, 6.07) is 0. The number of hydrogen-bond donors (Lipinski definition) is 0. The molecule has 0 saturated carbocycles. The molecule has 0 aliphatic carbocycles. The van der Waals surface area contributed by atoms with Crippen molar-refractivity contribution < 1.29 is 9.78 Å². The Morgan fingerprint density at radius 2 is 2.44 bits per heavy atom. The van der Waals surface area contributed by atoms with Gasteiger partial charge in [-0.25, -0.2) is 9.78 Å². The van der Waals surface area contributed by atoms with Crippen LogP contribution in [-0.2, 0) is 9.78 Å². The maximum Gasteiger partial charge on any atom is 0.0930 e. The molecule has 0 aromatic heterocycles. The second-order valence-electron chi connectivity index (χ2n) is 2.32. The quantitative estimate of drug-likeness (QED) is 0.528. The number of hydrogen-bond acceptors (Lipinski definition) is 2. The van der Waals surface area contributed by atoms with Crippen LogP contribution >= 0.6 is 0 Å². The van der Waals surface area contributed by atoms with Gasteiger partial charge in [0.1, 0.15) is 0 Å². The molecule has 1 unspecified atom stereocenters. The Balaban J connectivity index is 2.08. The Hall–Kier alpha value is -0.0800. The van der Waals surface area contributed by atoms with E-state index in [2.05, 4.69) is 6.92 Å². The maximum atomic E-state index is 4.98. The molecule has 1 radical (unpaired) electrons. The van der Waals surface area contributed by atoms with E-state index in [9.17, 15) is 0 Å². The first-order chi connectivity index (χ1) is 4.43. The highest BCUT2D eigenvalue weighted by Crippen LogP contribution is 2.14. The molecule has 1 rings (SSSR count). The normalized spacial score (nSPS) is 28.3. The van der Waals surface area contributed by atoms with Crippen molar-refractivity contribution >= 4 is 0 Å². The maximum absolute atomic E-state index is 4.98. The van der Waals surface area contributed by atoms with E-state index in [-0.39, 0.29) is 0 Å². The van der Waals surface area contributed by atoms with Gasteiger partial charge in [-0.15, -0.1) is 0 Å². The minimum Gasteiger partial charge on any atom is -0.236 e. The Bertz CT molecular complexity index is 64.6. The van der Waals surface area contributed by atoms with Crippen molar-refractivity contribution in [1.29, 1.82) is 0 Å². The van der Waals surface area contributed by atoms with Crippen molar-refractivity contribution in [3.8, 4) is 0 Å². The minimum absolute atomic E-state index is 0.316. The first kappa shape index (κ1) is 7.03. The molecule has 1 aliphatic heterocycles. The minimum atomic E-state index is 0.316. The van der Waals surface area contributed by atoms with E-state index in [4.69, 9.17) is 9.78 Å². The summed E-state index contributed by atoms with van der Waals surface area (Å²) in [7, 11) is 0. The predicted octanol–water partition coefficient (Wildman–Crippen LogP) is 1.71. The van der Waals surface area contributed by atoms with Gasteiger partial charge in [-0.1, -0.05) is 13.3 Å². The van der Waals surface area contributed by atoms with Gasteiger partial charge in [0.2, 0.25) is 0 Å². The fourth-order valence-electron chi connectivity index (χ4n) is 0.983. The third-order valence-electron chi connectivity index (χ3n) is 1.48. The molecular formula is C7H13O2. The summed E-state index contributed by atoms with van der Waals surface area (Å²) in [5, 5.41) is 0. The number of rotatable bonds is 2. The van der Waals surface area contributed by atoms with Crippen LogP contribution in [0.2, 0.25) is 0 Å². The van der Waals surface area contributed by atoms with Crippen molar-refractivity contribution in [1.82, 2.24) is 0 Å². The van der Waals surface area contributed by atoms with Crippen molar-refractivity contribution in [2.24, 2.45) is 0 Å². The lowest BCUT2D eigenvalue weighted by Crippen LogP contribution is -2.19. The van der Waals surface area contributed by atoms with Crippen LogP contribution in [0.4, 0.5) is 0 Å². The molecule has 53 valence electrons. The molecule has 0 aromatic rings. The van der Waals surface area contributed by atoms with Crippen molar-refractivity contribution in [3.63, 3.8) is 0 Å². The first-order valence-electron chi connectivity index (χ1n) is 3.51. The molecule has 0 N–H and O–H groups in total. The fraction of sp³-hybridized carbons (Fsp3) is 0.857. The largest absolute Gasteiger partial charge is 0.236 e. The lowest BCUT2D eigenvalue weighted by molar-refractivity contribution is -0.345. The molecule has 0 spiro atoms. The summed E-state index contributed by atoms with van der Waals surface area (Å²) in [6.07, 6.45) is 4.55. The van der Waals surface area contributed by atoms with E-state index in [1.54, 1.807) is 0 Å². The van der Waals surface area contributed by atoms with E-state index in [0.29, 0.717) is 6.10 Å². The molecule has 2 heteroatoms. The lowest BCUT2D eigenvalue weighted by Gasteiger charge is -2.19. The third kappa shape index (κ3) is 2.33. The fourth-order valence-corrected chi connectivity index (χ4v) is 0.983. The molecule has 2 nitrogen and oxygen atoms in total. The summed E-state index contributed by atoms with van der Waals surface area (Å²) in [5.41, 5.74) is 0. The van der Waals surface area contributed by atoms with Crippen LogP contribution in [0.25, 0.3) is 0 Å². The Labute approximate surface area is 56.1 Å². The first-order valence-corrected chi connectivity index (χ1v) is 3.51. The average Bonchev–Trinajstić information content (AvgIpc) is 1.91. The summed E-state index contributed by atoms with van der Waals surface area (Å²) in [4.78, 5) is 9.79. The van der Waals surface area contributed by atoms with Gasteiger partial charge in [0.15, 0.2) is 0 Å². The van der Waals surface area contributed by atoms with Gasteiger partial charge in [0.25, 0.3) is 0 Å². The molecule has 9 heavy (non-hydrogen) atoms. The lowest BCUT2D eigenvalue weighted by atomic mass is 10.1. The summed E-state index contributed by atoms with van der Waals surface area (Å²) < 4.78 is 0. The second-order valence-corrected chi connectivity index (χ2v) is 2.32. The Morgan fingerprint density at radius 1 is 1.56 bits per heavy atom. The third-order valence-corrected chi connectivity index (χ3v) is 1.48. The zero-order chi connectivity index (χ0) is 6.53. The SMILES string of the molecule is [CH2]CCC1CCCOO1. The molecule has 0 amide bonds. The highest BCUT2D eigenvalue weighted by Gasteiger charge is 2.12. The van der Waals surface area contributed by atoms with Gasteiger partial charge in [0, 0.05) is 0 Å². The van der Waals surface area contributed by atoms with Crippen LogP contribution in [0, 0.1) is 6.92 Å². The van der Waals surface area contributed by atoms with E-state index in [1.807, 2.05) is 0 Å². The van der Waals surface area contributed by atoms with Crippen molar-refractivity contribution in [3.05, 3.63) is 6.92 Å². The molecule has 1 fully saturated rings. The molecule has 1 heterocycles.